The van der Waals surface area contributed by atoms with Crippen molar-refractivity contribution in [2.24, 2.45) is 5.92 Å². The average Bonchev–Trinajstić information content (AvgIpc) is 3.29. The number of likely N-dealkylation sites (tertiary alicyclic amines) is 1. The molecule has 0 aliphatic carbocycles. The van der Waals surface area contributed by atoms with E-state index in [1.165, 1.54) is 29.0 Å². The second-order valence-electron chi connectivity index (χ2n) is 7.68. The van der Waals surface area contributed by atoms with Gasteiger partial charge in [0, 0.05) is 44.2 Å². The predicted molar refractivity (Wildman–Crippen MR) is 122 cm³/mol. The Kier molecular flexibility index (Phi) is 6.69. The van der Waals surface area contributed by atoms with Gasteiger partial charge in [-0.1, -0.05) is 17.7 Å². The van der Waals surface area contributed by atoms with Gasteiger partial charge in [0.1, 0.15) is 11.0 Å². The Morgan fingerprint density at radius 3 is 2.76 bits per heavy atom. The fourth-order valence-corrected chi connectivity index (χ4v) is 3.73. The number of hydrogen-bond donors (Lipinski definition) is 2. The maximum absolute atomic E-state index is 14.6. The summed E-state index contributed by atoms with van der Waals surface area (Å²) in [5, 5.41) is 5.72. The number of halogens is 2. The Bertz CT molecular complexity index is 1230. The quantitative estimate of drug-likeness (QED) is 0.560. The lowest BCUT2D eigenvalue weighted by Crippen LogP contribution is -2.35. The van der Waals surface area contributed by atoms with Gasteiger partial charge in [0.2, 0.25) is 0 Å². The van der Waals surface area contributed by atoms with Crippen molar-refractivity contribution in [3.8, 4) is 5.69 Å². The molecule has 8 nitrogen and oxygen atoms in total. The fourth-order valence-electron chi connectivity index (χ4n) is 3.62. The van der Waals surface area contributed by atoms with E-state index in [9.17, 15) is 18.8 Å². The van der Waals surface area contributed by atoms with E-state index < -0.39 is 11.8 Å². The van der Waals surface area contributed by atoms with Crippen molar-refractivity contribution in [3.05, 3.63) is 87.8 Å². The first-order chi connectivity index (χ1) is 15.9. The van der Waals surface area contributed by atoms with E-state index in [2.05, 4.69) is 15.6 Å². The molecule has 170 valence electrons. The lowest BCUT2D eigenvalue weighted by atomic mass is 10.1. The second-order valence-corrected chi connectivity index (χ2v) is 8.07. The summed E-state index contributed by atoms with van der Waals surface area (Å²) >= 11 is 5.73. The molecule has 1 aliphatic heterocycles. The molecular formula is C23H21ClFN5O3. The number of benzene rings is 1. The number of nitrogens with zero attached hydrogens (tertiary/aromatic N) is 3. The summed E-state index contributed by atoms with van der Waals surface area (Å²) in [7, 11) is 0. The van der Waals surface area contributed by atoms with Crippen LogP contribution in [0.3, 0.4) is 0 Å². The number of nitrogens with one attached hydrogen (secondary N) is 2. The van der Waals surface area contributed by atoms with E-state index in [4.69, 9.17) is 11.6 Å². The van der Waals surface area contributed by atoms with E-state index in [-0.39, 0.29) is 23.1 Å². The molecule has 4 rings (SSSR count). The Labute approximate surface area is 194 Å². The number of hydrogen-bond acceptors (Lipinski definition) is 4. The normalized spacial score (nSPS) is 15.3. The highest BCUT2D eigenvalue weighted by Gasteiger charge is 2.27. The first kappa shape index (κ1) is 22.5. The molecule has 0 bridgehead atoms. The first-order valence-electron chi connectivity index (χ1n) is 10.3. The molecule has 2 N–H and O–H groups in total. The van der Waals surface area contributed by atoms with Gasteiger partial charge in [-0.25, -0.2) is 14.2 Å². The van der Waals surface area contributed by atoms with Crippen LogP contribution < -0.4 is 16.2 Å². The van der Waals surface area contributed by atoms with Crippen LogP contribution in [0.4, 0.5) is 14.9 Å². The topological polar surface area (TPSA) is 96.3 Å². The minimum Gasteiger partial charge on any atom is -0.352 e. The number of rotatable bonds is 5. The molecule has 1 aliphatic rings. The first-order valence-corrected chi connectivity index (χ1v) is 10.7. The Morgan fingerprint density at radius 1 is 1.18 bits per heavy atom. The Hall–Kier alpha value is -3.72. The van der Waals surface area contributed by atoms with Gasteiger partial charge in [-0.15, -0.1) is 0 Å². The van der Waals surface area contributed by atoms with E-state index >= 15 is 0 Å². The molecule has 3 heterocycles. The SMILES string of the molecule is O=C(NC[C@H]1CCN(C(=O)Nc2ccc(-n3ccccc3=O)cc2F)C1)c1ccc(Cl)nc1. The zero-order chi connectivity index (χ0) is 23.4. The number of amides is 3. The van der Waals surface area contributed by atoms with Crippen molar-refractivity contribution < 1.29 is 14.0 Å². The second kappa shape index (κ2) is 9.83. The van der Waals surface area contributed by atoms with Crippen LogP contribution in [0.1, 0.15) is 16.8 Å². The zero-order valence-electron chi connectivity index (χ0n) is 17.5. The minimum absolute atomic E-state index is 0.0275. The molecule has 1 atom stereocenters. The third-order valence-corrected chi connectivity index (χ3v) is 5.63. The fraction of sp³-hybridized carbons (Fsp3) is 0.217. The highest BCUT2D eigenvalue weighted by atomic mass is 35.5. The molecular weight excluding hydrogens is 449 g/mol. The molecule has 0 radical (unpaired) electrons. The monoisotopic (exact) mass is 469 g/mol. The molecule has 0 unspecified atom stereocenters. The van der Waals surface area contributed by atoms with Crippen molar-refractivity contribution in [1.82, 2.24) is 19.8 Å². The summed E-state index contributed by atoms with van der Waals surface area (Å²) in [5.41, 5.74) is 0.517. The Balaban J connectivity index is 1.31. The van der Waals surface area contributed by atoms with Crippen LogP contribution in [0.15, 0.2) is 65.7 Å². The highest BCUT2D eigenvalue weighted by molar-refractivity contribution is 6.29. The van der Waals surface area contributed by atoms with Gasteiger partial charge in [-0.2, -0.15) is 0 Å². The smallest absolute Gasteiger partial charge is 0.321 e. The van der Waals surface area contributed by atoms with Gasteiger partial charge in [0.15, 0.2) is 0 Å². The van der Waals surface area contributed by atoms with Gasteiger partial charge in [0.05, 0.1) is 16.9 Å². The molecule has 1 saturated heterocycles. The number of carbonyl (C=O) groups excluding carboxylic acids is 2. The summed E-state index contributed by atoms with van der Waals surface area (Å²) in [4.78, 5) is 42.2. The highest BCUT2D eigenvalue weighted by Crippen LogP contribution is 2.21. The molecule has 3 aromatic rings. The van der Waals surface area contributed by atoms with E-state index in [0.717, 1.165) is 0 Å². The number of pyridine rings is 2. The molecule has 1 aromatic carbocycles. The Morgan fingerprint density at radius 2 is 2.03 bits per heavy atom. The van der Waals surface area contributed by atoms with Crippen molar-refractivity contribution in [2.75, 3.05) is 25.0 Å². The van der Waals surface area contributed by atoms with Crippen LogP contribution in [0, 0.1) is 11.7 Å². The number of aromatic nitrogens is 2. The van der Waals surface area contributed by atoms with Gasteiger partial charge in [-0.05, 0) is 42.7 Å². The lowest BCUT2D eigenvalue weighted by molar-refractivity contribution is 0.0947. The number of anilines is 1. The van der Waals surface area contributed by atoms with Gasteiger partial charge in [-0.3, -0.25) is 14.2 Å². The van der Waals surface area contributed by atoms with Gasteiger partial charge >= 0.3 is 6.03 Å². The van der Waals surface area contributed by atoms with Crippen LogP contribution in [0.5, 0.6) is 0 Å². The number of urea groups is 1. The third kappa shape index (κ3) is 5.38. The molecule has 1 fully saturated rings. The lowest BCUT2D eigenvalue weighted by Gasteiger charge is -2.18. The van der Waals surface area contributed by atoms with Crippen LogP contribution in [-0.2, 0) is 0 Å². The van der Waals surface area contributed by atoms with E-state index in [1.807, 2.05) is 0 Å². The summed E-state index contributed by atoms with van der Waals surface area (Å²) in [6, 6.07) is 11.6. The van der Waals surface area contributed by atoms with Crippen LogP contribution in [0.2, 0.25) is 5.15 Å². The van der Waals surface area contributed by atoms with Crippen molar-refractivity contribution >= 4 is 29.2 Å². The van der Waals surface area contributed by atoms with Crippen LogP contribution in [0.25, 0.3) is 5.69 Å². The molecule has 0 spiro atoms. The van der Waals surface area contributed by atoms with Gasteiger partial charge < -0.3 is 15.5 Å². The predicted octanol–water partition coefficient (Wildman–Crippen LogP) is 3.31. The van der Waals surface area contributed by atoms with Crippen molar-refractivity contribution in [1.29, 1.82) is 0 Å². The third-order valence-electron chi connectivity index (χ3n) is 5.41. The summed E-state index contributed by atoms with van der Waals surface area (Å²) in [6.07, 6.45) is 3.66. The van der Waals surface area contributed by atoms with Gasteiger partial charge in [0.25, 0.3) is 11.5 Å². The molecule has 10 heteroatoms. The number of carbonyl (C=O) groups is 2. The van der Waals surface area contributed by atoms with Crippen molar-refractivity contribution in [2.45, 2.75) is 6.42 Å². The summed E-state index contributed by atoms with van der Waals surface area (Å²) in [5.74, 6) is -0.824. The largest absolute Gasteiger partial charge is 0.352 e. The standard InChI is InChI=1S/C23H21ClFN5O3/c24-20-7-4-16(13-26-20)22(32)27-12-15-8-10-29(14-15)23(33)28-19-6-5-17(11-18(19)25)30-9-2-1-3-21(30)31/h1-7,9,11,13,15H,8,10,12,14H2,(H,27,32)(H,28,33)/t15-/m1/s1. The molecule has 33 heavy (non-hydrogen) atoms. The van der Waals surface area contributed by atoms with Crippen molar-refractivity contribution in [3.63, 3.8) is 0 Å². The van der Waals surface area contributed by atoms with E-state index in [1.54, 1.807) is 41.4 Å². The average molecular weight is 470 g/mol. The zero-order valence-corrected chi connectivity index (χ0v) is 18.3. The molecule has 2 aromatic heterocycles. The molecule has 3 amide bonds. The summed E-state index contributed by atoms with van der Waals surface area (Å²) < 4.78 is 15.9. The maximum atomic E-state index is 14.6. The van der Waals surface area contributed by atoms with Crippen LogP contribution >= 0.6 is 11.6 Å². The minimum atomic E-state index is -0.642. The molecule has 0 saturated carbocycles. The van der Waals surface area contributed by atoms with E-state index in [0.29, 0.717) is 42.5 Å². The summed E-state index contributed by atoms with van der Waals surface area (Å²) in [6.45, 7) is 1.33. The maximum Gasteiger partial charge on any atom is 0.321 e. The van der Waals surface area contributed by atoms with Crippen LogP contribution in [-0.4, -0.2) is 46.0 Å².